The Morgan fingerprint density at radius 2 is 1.96 bits per heavy atom. The number of methoxy groups -OCH3 is 2. The van der Waals surface area contributed by atoms with Crippen LogP contribution in [0.15, 0.2) is 42.5 Å². The largest absolute Gasteiger partial charge is 0.507 e. The van der Waals surface area contributed by atoms with Crippen molar-refractivity contribution in [1.29, 1.82) is 0 Å². The number of aromatic hydroxyl groups is 1. The van der Waals surface area contributed by atoms with E-state index in [-0.39, 0.29) is 5.75 Å². The highest BCUT2D eigenvalue weighted by molar-refractivity contribution is 5.97. The first-order valence-electron chi connectivity index (χ1n) is 8.43. The summed E-state index contributed by atoms with van der Waals surface area (Å²) in [6, 6.07) is 13.3. The molecule has 132 valence electrons. The summed E-state index contributed by atoms with van der Waals surface area (Å²) in [5.74, 6) is 0.222. The molecule has 26 heavy (non-hydrogen) atoms. The minimum atomic E-state index is -1.26. The number of phenolic OH excluding ortho intramolecular Hbond substituents is 1. The van der Waals surface area contributed by atoms with E-state index in [1.807, 2.05) is 37.3 Å². The van der Waals surface area contributed by atoms with Crippen LogP contribution < -0.4 is 9.47 Å². The lowest BCUT2D eigenvalue weighted by Crippen LogP contribution is -2.31. The fourth-order valence-corrected chi connectivity index (χ4v) is 4.14. The summed E-state index contributed by atoms with van der Waals surface area (Å²) in [5, 5.41) is 12.6. The molecule has 0 radical (unpaired) electrons. The molecule has 5 heteroatoms. The van der Waals surface area contributed by atoms with E-state index in [0.717, 1.165) is 27.5 Å². The molecule has 0 amide bonds. The Morgan fingerprint density at radius 1 is 1.12 bits per heavy atom. The van der Waals surface area contributed by atoms with Crippen LogP contribution in [0.1, 0.15) is 28.5 Å². The van der Waals surface area contributed by atoms with Crippen LogP contribution in [0.3, 0.4) is 0 Å². The van der Waals surface area contributed by atoms with Crippen molar-refractivity contribution in [2.45, 2.75) is 19.0 Å². The first-order valence-corrected chi connectivity index (χ1v) is 8.43. The second-order valence-corrected chi connectivity index (χ2v) is 6.65. The van der Waals surface area contributed by atoms with Gasteiger partial charge in [-0.1, -0.05) is 24.3 Å². The van der Waals surface area contributed by atoms with Gasteiger partial charge in [-0.2, -0.15) is 0 Å². The molecule has 3 aromatic rings. The highest BCUT2D eigenvalue weighted by Gasteiger charge is 2.56. The summed E-state index contributed by atoms with van der Waals surface area (Å²) in [7, 11) is 3.19. The van der Waals surface area contributed by atoms with Crippen LogP contribution in [0.4, 0.5) is 0 Å². The third kappa shape index (κ3) is 1.76. The number of rotatable bonds is 2. The van der Waals surface area contributed by atoms with Gasteiger partial charge in [-0.3, -0.25) is 4.74 Å². The van der Waals surface area contributed by atoms with Crippen molar-refractivity contribution >= 4 is 10.8 Å². The first kappa shape index (κ1) is 15.5. The van der Waals surface area contributed by atoms with Crippen molar-refractivity contribution in [3.63, 3.8) is 0 Å². The van der Waals surface area contributed by atoms with Gasteiger partial charge in [-0.15, -0.1) is 0 Å². The number of aryl methyl sites for hydroxylation is 1. The standard InChI is InChI=1S/C21H18O5/c1-11-9-12-7-8-14(22)19-17(12)16(10-11)25-21(19)13-5-4-6-15(23-2)18(13)20(24-3)26-21/h4-10,20,22H,1-3H3/t20-,21?/m1/s1. The van der Waals surface area contributed by atoms with Gasteiger partial charge in [-0.25, -0.2) is 0 Å². The van der Waals surface area contributed by atoms with Gasteiger partial charge in [0.25, 0.3) is 5.79 Å². The SMILES string of the molecule is COc1cccc2c1[C@H](OC)OC21Oc2cc(C)cc3ccc(O)c1c23. The monoisotopic (exact) mass is 350 g/mol. The van der Waals surface area contributed by atoms with Crippen LogP contribution >= 0.6 is 0 Å². The van der Waals surface area contributed by atoms with Crippen LogP contribution in [-0.4, -0.2) is 19.3 Å². The Bertz CT molecular complexity index is 1060. The lowest BCUT2D eigenvalue weighted by atomic mass is 9.92. The van der Waals surface area contributed by atoms with Gasteiger partial charge >= 0.3 is 0 Å². The van der Waals surface area contributed by atoms with E-state index in [0.29, 0.717) is 17.1 Å². The highest BCUT2D eigenvalue weighted by atomic mass is 16.8. The Kier molecular flexibility index (Phi) is 3.05. The summed E-state index contributed by atoms with van der Waals surface area (Å²) in [4.78, 5) is 0. The second kappa shape index (κ2) is 5.13. The third-order valence-electron chi connectivity index (χ3n) is 5.15. The molecule has 0 saturated carbocycles. The zero-order chi connectivity index (χ0) is 18.1. The molecular weight excluding hydrogens is 332 g/mol. The van der Waals surface area contributed by atoms with Gasteiger partial charge in [0, 0.05) is 18.1 Å². The van der Waals surface area contributed by atoms with Crippen molar-refractivity contribution in [1.82, 2.24) is 0 Å². The number of hydrogen-bond acceptors (Lipinski definition) is 5. The zero-order valence-corrected chi connectivity index (χ0v) is 14.7. The fraction of sp³-hybridized carbons (Fsp3) is 0.238. The van der Waals surface area contributed by atoms with Crippen LogP contribution in [-0.2, 0) is 15.3 Å². The van der Waals surface area contributed by atoms with E-state index >= 15 is 0 Å². The molecule has 1 N–H and O–H groups in total. The molecule has 0 fully saturated rings. The van der Waals surface area contributed by atoms with Crippen LogP contribution in [0.25, 0.3) is 10.8 Å². The lowest BCUT2D eigenvalue weighted by molar-refractivity contribution is -0.238. The van der Waals surface area contributed by atoms with Gasteiger partial charge in [0.2, 0.25) is 0 Å². The topological polar surface area (TPSA) is 57.2 Å². The highest BCUT2D eigenvalue weighted by Crippen LogP contribution is 2.59. The summed E-state index contributed by atoms with van der Waals surface area (Å²) in [5.41, 5.74) is 3.24. The number of phenols is 1. The van der Waals surface area contributed by atoms with E-state index in [2.05, 4.69) is 6.07 Å². The number of hydrogen-bond donors (Lipinski definition) is 1. The molecule has 1 spiro atoms. The molecule has 0 aliphatic carbocycles. The van der Waals surface area contributed by atoms with Crippen molar-refractivity contribution in [2.24, 2.45) is 0 Å². The Hall–Kier alpha value is -2.76. The molecule has 1 unspecified atom stereocenters. The molecule has 2 aliphatic rings. The molecule has 0 bridgehead atoms. The van der Waals surface area contributed by atoms with Crippen molar-refractivity contribution in [3.05, 3.63) is 64.7 Å². The average molecular weight is 350 g/mol. The van der Waals surface area contributed by atoms with E-state index in [1.165, 1.54) is 0 Å². The molecule has 5 rings (SSSR count). The van der Waals surface area contributed by atoms with Gasteiger partial charge in [0.1, 0.15) is 17.2 Å². The summed E-state index contributed by atoms with van der Waals surface area (Å²) >= 11 is 0. The van der Waals surface area contributed by atoms with Crippen molar-refractivity contribution in [3.8, 4) is 17.2 Å². The molecule has 3 aromatic carbocycles. The smallest absolute Gasteiger partial charge is 0.271 e. The van der Waals surface area contributed by atoms with E-state index < -0.39 is 12.1 Å². The quantitative estimate of drug-likeness (QED) is 0.753. The van der Waals surface area contributed by atoms with Crippen LogP contribution in [0.5, 0.6) is 17.2 Å². The average Bonchev–Trinajstić information content (AvgIpc) is 3.14. The minimum absolute atomic E-state index is 0.130. The Balaban J connectivity index is 1.86. The number of ether oxygens (including phenoxy) is 4. The van der Waals surface area contributed by atoms with Gasteiger partial charge < -0.3 is 19.3 Å². The van der Waals surface area contributed by atoms with Gasteiger partial charge in [0.05, 0.1) is 18.2 Å². The van der Waals surface area contributed by atoms with Gasteiger partial charge in [0.15, 0.2) is 6.29 Å². The number of fused-ring (bicyclic) bond motifs is 3. The maximum absolute atomic E-state index is 10.7. The fourth-order valence-electron chi connectivity index (χ4n) is 4.14. The molecule has 2 aliphatic heterocycles. The maximum Gasteiger partial charge on any atom is 0.271 e. The van der Waals surface area contributed by atoms with E-state index in [9.17, 15) is 5.11 Å². The normalized spacial score (nSPS) is 22.7. The summed E-state index contributed by atoms with van der Waals surface area (Å²) < 4.78 is 23.7. The van der Waals surface area contributed by atoms with E-state index in [1.54, 1.807) is 20.3 Å². The minimum Gasteiger partial charge on any atom is -0.507 e. The molecular formula is C21H18O5. The zero-order valence-electron chi connectivity index (χ0n) is 14.7. The van der Waals surface area contributed by atoms with Crippen LogP contribution in [0, 0.1) is 6.92 Å². The lowest BCUT2D eigenvalue weighted by Gasteiger charge is -2.26. The van der Waals surface area contributed by atoms with Crippen LogP contribution in [0.2, 0.25) is 0 Å². The molecule has 2 heterocycles. The Labute approximate surface area is 150 Å². The maximum atomic E-state index is 10.7. The third-order valence-corrected chi connectivity index (χ3v) is 5.15. The predicted octanol–water partition coefficient (Wildman–Crippen LogP) is 4.13. The molecule has 0 aromatic heterocycles. The molecule has 5 nitrogen and oxygen atoms in total. The first-order chi connectivity index (χ1) is 12.6. The second-order valence-electron chi connectivity index (χ2n) is 6.65. The van der Waals surface area contributed by atoms with Crippen molar-refractivity contribution < 1.29 is 24.1 Å². The predicted molar refractivity (Wildman–Crippen MR) is 95.6 cm³/mol. The summed E-state index contributed by atoms with van der Waals surface area (Å²) in [6.45, 7) is 2.02. The Morgan fingerprint density at radius 3 is 2.73 bits per heavy atom. The van der Waals surface area contributed by atoms with Gasteiger partial charge in [-0.05, 0) is 36.1 Å². The van der Waals surface area contributed by atoms with E-state index in [4.69, 9.17) is 18.9 Å². The molecule has 2 atom stereocenters. The van der Waals surface area contributed by atoms with Crippen molar-refractivity contribution in [2.75, 3.05) is 14.2 Å². The molecule has 0 saturated heterocycles. The summed E-state index contributed by atoms with van der Waals surface area (Å²) in [6.07, 6.45) is -0.661. The number of benzene rings is 3.